The minimum atomic E-state index is -4.48. The van der Waals surface area contributed by atoms with E-state index < -0.39 is 11.9 Å². The Bertz CT molecular complexity index is 1190. The number of amides is 1. The maximum absolute atomic E-state index is 12.7. The van der Waals surface area contributed by atoms with Crippen molar-refractivity contribution in [1.29, 1.82) is 0 Å². The Kier molecular flexibility index (Phi) is 5.64. The van der Waals surface area contributed by atoms with Crippen molar-refractivity contribution in [2.75, 3.05) is 0 Å². The number of halogens is 3. The van der Waals surface area contributed by atoms with Gasteiger partial charge in [0.05, 0.1) is 17.8 Å². The van der Waals surface area contributed by atoms with E-state index in [-0.39, 0.29) is 12.3 Å². The van der Waals surface area contributed by atoms with Crippen molar-refractivity contribution in [3.05, 3.63) is 76.8 Å². The molecule has 0 fully saturated rings. The Balaban J connectivity index is 1.31. The molecule has 31 heavy (non-hydrogen) atoms. The van der Waals surface area contributed by atoms with Crippen LogP contribution < -0.4 is 5.32 Å². The van der Waals surface area contributed by atoms with E-state index in [4.69, 9.17) is 4.42 Å². The Morgan fingerprint density at radius 2 is 1.94 bits per heavy atom. The van der Waals surface area contributed by atoms with Gasteiger partial charge < -0.3 is 9.73 Å². The predicted molar refractivity (Wildman–Crippen MR) is 109 cm³/mol. The van der Waals surface area contributed by atoms with Gasteiger partial charge in [0.1, 0.15) is 5.76 Å². The van der Waals surface area contributed by atoms with Crippen molar-refractivity contribution in [3.63, 3.8) is 0 Å². The van der Waals surface area contributed by atoms with Crippen LogP contribution in [0, 0.1) is 6.92 Å². The van der Waals surface area contributed by atoms with Gasteiger partial charge in [-0.05, 0) is 42.8 Å². The molecule has 4 rings (SSSR count). The molecule has 160 valence electrons. The molecule has 0 bridgehead atoms. The highest BCUT2D eigenvalue weighted by atomic mass is 32.1. The number of furan rings is 1. The topological polar surface area (TPSA) is 73.0 Å². The zero-order valence-corrected chi connectivity index (χ0v) is 17.1. The number of hydrogen-bond acceptors (Lipinski definition) is 5. The molecule has 1 amide bonds. The fourth-order valence-corrected chi connectivity index (χ4v) is 3.64. The molecular formula is C21H17F3N4O2S. The van der Waals surface area contributed by atoms with E-state index in [1.165, 1.54) is 17.5 Å². The van der Waals surface area contributed by atoms with Crippen LogP contribution in [0.25, 0.3) is 16.5 Å². The van der Waals surface area contributed by atoms with Crippen molar-refractivity contribution in [2.45, 2.75) is 26.1 Å². The number of thiazole rings is 1. The molecule has 6 nitrogen and oxygen atoms in total. The standard InChI is InChI=1S/C21H17F3N4O2S/c1-13-2-7-17(30-13)20-26-15(12-31-20)10-19(29)25-11-14-3-5-16(6-4-14)28-9-8-18(27-28)21(22,23)24/h2-9,12H,10-11H2,1H3,(H,25,29). The lowest BCUT2D eigenvalue weighted by Crippen LogP contribution is -2.24. The van der Waals surface area contributed by atoms with Gasteiger partial charge >= 0.3 is 6.18 Å². The van der Waals surface area contributed by atoms with Crippen LogP contribution in [0.5, 0.6) is 0 Å². The third kappa shape index (κ3) is 5.02. The smallest absolute Gasteiger partial charge is 0.435 e. The number of hydrogen-bond donors (Lipinski definition) is 1. The van der Waals surface area contributed by atoms with E-state index in [0.717, 1.165) is 27.1 Å². The fourth-order valence-electron chi connectivity index (χ4n) is 2.86. The molecule has 10 heteroatoms. The highest BCUT2D eigenvalue weighted by Gasteiger charge is 2.33. The zero-order valence-electron chi connectivity index (χ0n) is 16.3. The van der Waals surface area contributed by atoms with Gasteiger partial charge in [-0.2, -0.15) is 18.3 Å². The van der Waals surface area contributed by atoms with Gasteiger partial charge in [0.2, 0.25) is 5.91 Å². The molecule has 4 aromatic rings. The minimum Gasteiger partial charge on any atom is -0.459 e. The number of aryl methyl sites for hydroxylation is 1. The summed E-state index contributed by atoms with van der Waals surface area (Å²) in [4.78, 5) is 16.7. The van der Waals surface area contributed by atoms with Gasteiger partial charge in [-0.3, -0.25) is 4.79 Å². The Hall–Kier alpha value is -3.40. The van der Waals surface area contributed by atoms with Gasteiger partial charge in [-0.15, -0.1) is 11.3 Å². The van der Waals surface area contributed by atoms with Crippen molar-refractivity contribution >= 4 is 17.2 Å². The molecule has 0 aliphatic rings. The van der Waals surface area contributed by atoms with Crippen LogP contribution in [0.3, 0.4) is 0 Å². The minimum absolute atomic E-state index is 0.141. The first kappa shape index (κ1) is 20.9. The third-order valence-electron chi connectivity index (χ3n) is 4.41. The first-order valence-electron chi connectivity index (χ1n) is 9.28. The molecule has 0 aliphatic heterocycles. The van der Waals surface area contributed by atoms with Crippen LogP contribution in [0.15, 0.2) is 58.5 Å². The Morgan fingerprint density at radius 1 is 1.16 bits per heavy atom. The largest absolute Gasteiger partial charge is 0.459 e. The number of nitrogens with one attached hydrogen (secondary N) is 1. The monoisotopic (exact) mass is 446 g/mol. The van der Waals surface area contributed by atoms with Gasteiger partial charge in [0.15, 0.2) is 16.5 Å². The van der Waals surface area contributed by atoms with E-state index >= 15 is 0 Å². The van der Waals surface area contributed by atoms with Crippen LogP contribution in [0.4, 0.5) is 13.2 Å². The Labute approximate surface area is 179 Å². The van der Waals surface area contributed by atoms with Crippen molar-refractivity contribution in [1.82, 2.24) is 20.1 Å². The number of benzene rings is 1. The fraction of sp³-hybridized carbons (Fsp3) is 0.190. The molecule has 3 heterocycles. The lowest BCUT2D eigenvalue weighted by Gasteiger charge is -2.07. The van der Waals surface area contributed by atoms with Crippen molar-refractivity contribution in [3.8, 4) is 16.5 Å². The first-order chi connectivity index (χ1) is 14.8. The molecule has 0 radical (unpaired) electrons. The van der Waals surface area contributed by atoms with Crippen molar-refractivity contribution in [2.24, 2.45) is 0 Å². The molecule has 1 aromatic carbocycles. The summed E-state index contributed by atoms with van der Waals surface area (Å²) in [5, 5.41) is 8.89. The third-order valence-corrected chi connectivity index (χ3v) is 5.32. The Morgan fingerprint density at radius 3 is 2.58 bits per heavy atom. The molecule has 3 aromatic heterocycles. The van der Waals surface area contributed by atoms with Crippen LogP contribution in [-0.4, -0.2) is 20.7 Å². The predicted octanol–water partition coefficient (Wildman–Crippen LogP) is 4.77. The summed E-state index contributed by atoms with van der Waals surface area (Å²) in [7, 11) is 0. The normalized spacial score (nSPS) is 11.6. The van der Waals surface area contributed by atoms with Crippen LogP contribution in [-0.2, 0) is 23.9 Å². The lowest BCUT2D eigenvalue weighted by molar-refractivity contribution is -0.141. The summed E-state index contributed by atoms with van der Waals surface area (Å²) in [5.74, 6) is 1.29. The molecule has 1 N–H and O–H groups in total. The van der Waals surface area contributed by atoms with E-state index in [9.17, 15) is 18.0 Å². The number of carbonyl (C=O) groups excluding carboxylic acids is 1. The number of rotatable bonds is 6. The van der Waals surface area contributed by atoms with Crippen LogP contribution >= 0.6 is 11.3 Å². The summed E-state index contributed by atoms with van der Waals surface area (Å²) in [6.07, 6.45) is -3.09. The van der Waals surface area contributed by atoms with Gasteiger partial charge in [-0.25, -0.2) is 9.67 Å². The molecule has 0 aliphatic carbocycles. The first-order valence-corrected chi connectivity index (χ1v) is 10.2. The quantitative estimate of drug-likeness (QED) is 0.463. The second-order valence-electron chi connectivity index (χ2n) is 6.82. The summed E-state index contributed by atoms with van der Waals surface area (Å²) in [6.45, 7) is 2.15. The average Bonchev–Trinajstić information content (AvgIpc) is 3.47. The van der Waals surface area contributed by atoms with Gasteiger partial charge in [-0.1, -0.05) is 12.1 Å². The van der Waals surface area contributed by atoms with Crippen LogP contribution in [0.2, 0.25) is 0 Å². The molecule has 0 saturated heterocycles. The van der Waals surface area contributed by atoms with E-state index in [1.54, 1.807) is 24.3 Å². The maximum Gasteiger partial charge on any atom is 0.435 e. The highest BCUT2D eigenvalue weighted by molar-refractivity contribution is 7.13. The molecule has 0 saturated carbocycles. The number of alkyl halides is 3. The van der Waals surface area contributed by atoms with Gasteiger partial charge in [0.25, 0.3) is 0 Å². The van der Waals surface area contributed by atoms with E-state index in [1.807, 2.05) is 24.4 Å². The molecular weight excluding hydrogens is 429 g/mol. The molecule has 0 atom stereocenters. The summed E-state index contributed by atoms with van der Waals surface area (Å²) in [6, 6.07) is 11.4. The van der Waals surface area contributed by atoms with E-state index in [2.05, 4.69) is 15.4 Å². The maximum atomic E-state index is 12.7. The molecule has 0 spiro atoms. The zero-order chi connectivity index (χ0) is 22.0. The number of nitrogens with zero attached hydrogens (tertiary/aromatic N) is 3. The summed E-state index contributed by atoms with van der Waals surface area (Å²) < 4.78 is 44.7. The number of aromatic nitrogens is 3. The second kappa shape index (κ2) is 8.38. The second-order valence-corrected chi connectivity index (χ2v) is 7.68. The summed E-state index contributed by atoms with van der Waals surface area (Å²) >= 11 is 1.41. The average molecular weight is 446 g/mol. The van der Waals surface area contributed by atoms with E-state index in [0.29, 0.717) is 23.7 Å². The SMILES string of the molecule is Cc1ccc(-c2nc(CC(=O)NCc3ccc(-n4ccc(C(F)(F)F)n4)cc3)cs2)o1. The number of carbonyl (C=O) groups is 1. The summed E-state index contributed by atoms with van der Waals surface area (Å²) in [5.41, 5.74) is 1.01. The highest BCUT2D eigenvalue weighted by Crippen LogP contribution is 2.28. The molecule has 0 unspecified atom stereocenters. The van der Waals surface area contributed by atoms with Gasteiger partial charge in [0, 0.05) is 18.1 Å². The lowest BCUT2D eigenvalue weighted by atomic mass is 10.2. The van der Waals surface area contributed by atoms with Crippen LogP contribution in [0.1, 0.15) is 22.7 Å². The van der Waals surface area contributed by atoms with Crippen molar-refractivity contribution < 1.29 is 22.4 Å².